The highest BCUT2D eigenvalue weighted by molar-refractivity contribution is 5.40. The second-order valence-electron chi connectivity index (χ2n) is 4.51. The van der Waals surface area contributed by atoms with E-state index < -0.39 is 0 Å². The zero-order chi connectivity index (χ0) is 11.0. The van der Waals surface area contributed by atoms with Crippen LogP contribution in [0.15, 0.2) is 18.5 Å². The van der Waals surface area contributed by atoms with Gasteiger partial charge in [-0.1, -0.05) is 6.42 Å². The quantitative estimate of drug-likeness (QED) is 0.791. The van der Waals surface area contributed by atoms with Crippen LogP contribution in [0.4, 0.5) is 0 Å². The fraction of sp³-hybridized carbons (Fsp3) is 0.500. The maximum atomic E-state index is 4.59. The largest absolute Gasteiger partial charge is 0.309 e. The van der Waals surface area contributed by atoms with Crippen LogP contribution in [-0.4, -0.2) is 21.1 Å². The number of hydrogen-bond donors (Lipinski definition) is 1. The normalized spacial score (nSPS) is 21.4. The van der Waals surface area contributed by atoms with Crippen molar-refractivity contribution in [3.63, 3.8) is 0 Å². The van der Waals surface area contributed by atoms with E-state index in [2.05, 4.69) is 21.5 Å². The molecule has 1 N–H and O–H groups in total. The van der Waals surface area contributed by atoms with Gasteiger partial charge in [-0.2, -0.15) is 5.10 Å². The minimum atomic E-state index is 0.413. The van der Waals surface area contributed by atoms with Crippen molar-refractivity contribution >= 4 is 5.65 Å². The molecular formula is C12H16N4. The first-order valence-electron chi connectivity index (χ1n) is 5.88. The van der Waals surface area contributed by atoms with E-state index >= 15 is 0 Å². The lowest BCUT2D eigenvalue weighted by molar-refractivity contribution is 0.404. The third-order valence-corrected chi connectivity index (χ3v) is 3.13. The SMILES string of the molecule is Cc1cnc2cc(C3CCCCN3)nn2c1. The van der Waals surface area contributed by atoms with Crippen LogP contribution in [0.2, 0.25) is 0 Å². The molecule has 3 heterocycles. The number of hydrogen-bond acceptors (Lipinski definition) is 3. The second kappa shape index (κ2) is 3.87. The van der Waals surface area contributed by atoms with Crippen LogP contribution in [0.25, 0.3) is 5.65 Å². The molecule has 0 amide bonds. The van der Waals surface area contributed by atoms with E-state index in [4.69, 9.17) is 0 Å². The predicted octanol–water partition coefficient (Wildman–Crippen LogP) is 1.85. The number of piperidine rings is 1. The van der Waals surface area contributed by atoms with Gasteiger partial charge in [0.25, 0.3) is 0 Å². The van der Waals surface area contributed by atoms with E-state index in [9.17, 15) is 0 Å². The Kier molecular flexibility index (Phi) is 2.36. The third kappa shape index (κ3) is 1.69. The summed E-state index contributed by atoms with van der Waals surface area (Å²) < 4.78 is 1.88. The van der Waals surface area contributed by atoms with E-state index in [1.807, 2.05) is 23.8 Å². The van der Waals surface area contributed by atoms with Crippen molar-refractivity contribution in [3.8, 4) is 0 Å². The van der Waals surface area contributed by atoms with Gasteiger partial charge in [0.05, 0.1) is 11.7 Å². The Labute approximate surface area is 94.7 Å². The predicted molar refractivity (Wildman–Crippen MR) is 62.3 cm³/mol. The molecule has 0 radical (unpaired) electrons. The molecule has 2 aromatic rings. The minimum absolute atomic E-state index is 0.413. The summed E-state index contributed by atoms with van der Waals surface area (Å²) in [5.74, 6) is 0. The summed E-state index contributed by atoms with van der Waals surface area (Å²) in [4.78, 5) is 4.37. The standard InChI is InChI=1S/C12H16N4/c1-9-7-14-12-6-11(15-16(12)8-9)10-4-2-3-5-13-10/h6-8,10,13H,2-5H2,1H3. The zero-order valence-electron chi connectivity index (χ0n) is 9.48. The molecule has 1 unspecified atom stereocenters. The molecule has 1 aliphatic heterocycles. The van der Waals surface area contributed by atoms with Gasteiger partial charge in [0.1, 0.15) is 0 Å². The highest BCUT2D eigenvalue weighted by Gasteiger charge is 2.17. The minimum Gasteiger partial charge on any atom is -0.309 e. The van der Waals surface area contributed by atoms with Crippen molar-refractivity contribution in [1.82, 2.24) is 19.9 Å². The topological polar surface area (TPSA) is 42.2 Å². The van der Waals surface area contributed by atoms with Crippen LogP contribution in [0, 0.1) is 6.92 Å². The van der Waals surface area contributed by atoms with Gasteiger partial charge >= 0.3 is 0 Å². The molecule has 0 spiro atoms. The average molecular weight is 216 g/mol. The summed E-state index contributed by atoms with van der Waals surface area (Å²) in [5, 5.41) is 8.10. The lowest BCUT2D eigenvalue weighted by atomic mass is 10.0. The van der Waals surface area contributed by atoms with Crippen molar-refractivity contribution in [2.75, 3.05) is 6.54 Å². The van der Waals surface area contributed by atoms with Crippen LogP contribution in [0.3, 0.4) is 0 Å². The Morgan fingerprint density at radius 3 is 3.19 bits per heavy atom. The molecule has 0 aromatic carbocycles. The molecule has 4 heteroatoms. The van der Waals surface area contributed by atoms with Gasteiger partial charge in [-0.3, -0.25) is 0 Å². The molecule has 16 heavy (non-hydrogen) atoms. The Morgan fingerprint density at radius 2 is 2.38 bits per heavy atom. The summed E-state index contributed by atoms with van der Waals surface area (Å²) in [6.45, 7) is 3.14. The van der Waals surface area contributed by atoms with Crippen molar-refractivity contribution in [2.45, 2.75) is 32.2 Å². The molecule has 0 saturated carbocycles. The van der Waals surface area contributed by atoms with Crippen LogP contribution >= 0.6 is 0 Å². The smallest absolute Gasteiger partial charge is 0.155 e. The van der Waals surface area contributed by atoms with Crippen LogP contribution < -0.4 is 5.32 Å². The second-order valence-corrected chi connectivity index (χ2v) is 4.51. The number of fused-ring (bicyclic) bond motifs is 1. The van der Waals surface area contributed by atoms with Gasteiger partial charge in [0.2, 0.25) is 0 Å². The Morgan fingerprint density at radius 1 is 1.44 bits per heavy atom. The fourth-order valence-corrected chi connectivity index (χ4v) is 2.26. The lowest BCUT2D eigenvalue weighted by Crippen LogP contribution is -2.27. The highest BCUT2D eigenvalue weighted by Crippen LogP contribution is 2.22. The van der Waals surface area contributed by atoms with Gasteiger partial charge in [0.15, 0.2) is 5.65 Å². The number of aryl methyl sites for hydroxylation is 1. The first kappa shape index (κ1) is 9.78. The zero-order valence-corrected chi connectivity index (χ0v) is 9.48. The van der Waals surface area contributed by atoms with Crippen molar-refractivity contribution in [2.24, 2.45) is 0 Å². The molecule has 3 rings (SSSR count). The van der Waals surface area contributed by atoms with Gasteiger partial charge in [0, 0.05) is 18.5 Å². The van der Waals surface area contributed by atoms with E-state index in [-0.39, 0.29) is 0 Å². The molecule has 0 bridgehead atoms. The van der Waals surface area contributed by atoms with Gasteiger partial charge < -0.3 is 5.32 Å². The Balaban J connectivity index is 1.97. The molecule has 2 aromatic heterocycles. The van der Waals surface area contributed by atoms with Gasteiger partial charge in [-0.15, -0.1) is 0 Å². The maximum Gasteiger partial charge on any atom is 0.155 e. The first-order chi connectivity index (χ1) is 7.83. The molecular weight excluding hydrogens is 200 g/mol. The van der Waals surface area contributed by atoms with Gasteiger partial charge in [-0.05, 0) is 31.9 Å². The average Bonchev–Trinajstić information content (AvgIpc) is 2.73. The summed E-state index contributed by atoms with van der Waals surface area (Å²) in [7, 11) is 0. The molecule has 0 aliphatic carbocycles. The van der Waals surface area contributed by atoms with E-state index in [0.29, 0.717) is 6.04 Å². The highest BCUT2D eigenvalue weighted by atomic mass is 15.3. The summed E-state index contributed by atoms with van der Waals surface area (Å²) in [6, 6.07) is 2.50. The van der Waals surface area contributed by atoms with E-state index in [1.54, 1.807) is 0 Å². The van der Waals surface area contributed by atoms with Crippen LogP contribution in [0.5, 0.6) is 0 Å². The van der Waals surface area contributed by atoms with E-state index in [0.717, 1.165) is 23.4 Å². The fourth-order valence-electron chi connectivity index (χ4n) is 2.26. The monoisotopic (exact) mass is 216 g/mol. The summed E-state index contributed by atoms with van der Waals surface area (Å²) in [5.41, 5.74) is 3.20. The third-order valence-electron chi connectivity index (χ3n) is 3.13. The Hall–Kier alpha value is -1.42. The summed E-state index contributed by atoms with van der Waals surface area (Å²) in [6.07, 6.45) is 7.66. The first-order valence-corrected chi connectivity index (χ1v) is 5.88. The van der Waals surface area contributed by atoms with Crippen molar-refractivity contribution < 1.29 is 0 Å². The molecule has 84 valence electrons. The molecule has 1 fully saturated rings. The molecule has 1 aliphatic rings. The number of nitrogens with zero attached hydrogens (tertiary/aromatic N) is 3. The van der Waals surface area contributed by atoms with Crippen LogP contribution in [0.1, 0.15) is 36.6 Å². The van der Waals surface area contributed by atoms with Crippen LogP contribution in [-0.2, 0) is 0 Å². The number of aromatic nitrogens is 3. The van der Waals surface area contributed by atoms with E-state index in [1.165, 1.54) is 19.3 Å². The number of rotatable bonds is 1. The van der Waals surface area contributed by atoms with Crippen molar-refractivity contribution in [1.29, 1.82) is 0 Å². The molecule has 1 saturated heterocycles. The van der Waals surface area contributed by atoms with Gasteiger partial charge in [-0.25, -0.2) is 9.50 Å². The molecule has 4 nitrogen and oxygen atoms in total. The summed E-state index contributed by atoms with van der Waals surface area (Å²) >= 11 is 0. The lowest BCUT2D eigenvalue weighted by Gasteiger charge is -2.21. The van der Waals surface area contributed by atoms with Crippen molar-refractivity contribution in [3.05, 3.63) is 29.7 Å². The number of nitrogens with one attached hydrogen (secondary N) is 1. The Bertz CT molecular complexity index is 497. The molecule has 1 atom stereocenters. The maximum absolute atomic E-state index is 4.59.